The van der Waals surface area contributed by atoms with Gasteiger partial charge in [-0.05, 0) is 57.8 Å². The molecule has 3 aliphatic rings. The maximum Gasteiger partial charge on any atom is 0.416 e. The molecule has 2 aliphatic heterocycles. The van der Waals surface area contributed by atoms with Gasteiger partial charge < -0.3 is 14.7 Å². The number of likely N-dealkylation sites (N-methyl/N-ethyl adjacent to an activating group) is 1. The monoisotopic (exact) mass is 517 g/mol. The van der Waals surface area contributed by atoms with Gasteiger partial charge in [-0.15, -0.1) is 0 Å². The van der Waals surface area contributed by atoms with Crippen molar-refractivity contribution in [1.29, 1.82) is 0 Å². The second-order valence-electron chi connectivity index (χ2n) is 10.8. The average molecular weight is 518 g/mol. The predicted octanol–water partition coefficient (Wildman–Crippen LogP) is 4.13. The molecule has 0 bridgehead atoms. The number of hydrogen-bond donors (Lipinski definition) is 0. The zero-order chi connectivity index (χ0) is 26.3. The van der Waals surface area contributed by atoms with Crippen molar-refractivity contribution in [1.82, 2.24) is 24.5 Å². The molecule has 3 heterocycles. The van der Waals surface area contributed by atoms with E-state index in [1.54, 1.807) is 17.2 Å². The topological polar surface area (TPSA) is 61.7 Å². The Balaban J connectivity index is 1.30. The van der Waals surface area contributed by atoms with Crippen LogP contribution in [-0.2, 0) is 11.0 Å². The standard InChI is InChI=1S/C27H34F3N5O2/c1-32(2)17-24(36)33-13-10-20(11-14-33)35-25(18-7-8-18)22(15-31-35)26(37)34-12-9-19(16-34)21-5-3-4-6-23(21)27(28,29)30/h3-6,15,18-20H,7-14,16-17H2,1-2H3/t19-/m1/s1. The zero-order valence-corrected chi connectivity index (χ0v) is 21.4. The van der Waals surface area contributed by atoms with E-state index in [1.807, 2.05) is 28.6 Å². The van der Waals surface area contributed by atoms with Gasteiger partial charge in [-0.2, -0.15) is 18.3 Å². The fourth-order valence-electron chi connectivity index (χ4n) is 5.80. The van der Waals surface area contributed by atoms with E-state index in [-0.39, 0.29) is 35.9 Å². The highest BCUT2D eigenvalue weighted by atomic mass is 19.4. The molecule has 1 aromatic heterocycles. The highest BCUT2D eigenvalue weighted by Crippen LogP contribution is 2.44. The van der Waals surface area contributed by atoms with E-state index < -0.39 is 11.7 Å². The summed E-state index contributed by atoms with van der Waals surface area (Å²) in [7, 11) is 3.76. The second kappa shape index (κ2) is 10.1. The average Bonchev–Trinajstić information content (AvgIpc) is 3.41. The first kappa shape index (κ1) is 25.8. The summed E-state index contributed by atoms with van der Waals surface area (Å²) in [5, 5.41) is 4.64. The molecule has 1 aliphatic carbocycles. The van der Waals surface area contributed by atoms with E-state index in [0.717, 1.165) is 37.4 Å². The smallest absolute Gasteiger partial charge is 0.341 e. The lowest BCUT2D eigenvalue weighted by atomic mass is 9.93. The summed E-state index contributed by atoms with van der Waals surface area (Å²) in [6, 6.07) is 5.82. The van der Waals surface area contributed by atoms with Crippen LogP contribution in [0.4, 0.5) is 13.2 Å². The van der Waals surface area contributed by atoms with Crippen molar-refractivity contribution in [2.75, 3.05) is 46.8 Å². The van der Waals surface area contributed by atoms with E-state index >= 15 is 0 Å². The minimum atomic E-state index is -4.42. The summed E-state index contributed by atoms with van der Waals surface area (Å²) in [5.74, 6) is -0.0685. The van der Waals surface area contributed by atoms with Gasteiger partial charge in [0.2, 0.25) is 5.91 Å². The number of hydrogen-bond acceptors (Lipinski definition) is 4. The number of alkyl halides is 3. The van der Waals surface area contributed by atoms with Gasteiger partial charge in [-0.25, -0.2) is 0 Å². The number of rotatable bonds is 6. The van der Waals surface area contributed by atoms with Crippen LogP contribution >= 0.6 is 0 Å². The summed E-state index contributed by atoms with van der Waals surface area (Å²) >= 11 is 0. The van der Waals surface area contributed by atoms with Gasteiger partial charge in [-0.3, -0.25) is 14.3 Å². The Bertz CT molecular complexity index is 1150. The molecule has 37 heavy (non-hydrogen) atoms. The lowest BCUT2D eigenvalue weighted by molar-refractivity contribution is -0.138. The van der Waals surface area contributed by atoms with Crippen LogP contribution in [0, 0.1) is 0 Å². The van der Waals surface area contributed by atoms with Crippen molar-refractivity contribution in [3.8, 4) is 0 Å². The van der Waals surface area contributed by atoms with Crippen LogP contribution in [0.15, 0.2) is 30.5 Å². The number of carbonyl (C=O) groups excluding carboxylic acids is 2. The molecule has 2 aromatic rings. The normalized spacial score (nSPS) is 21.2. The number of carbonyl (C=O) groups is 2. The van der Waals surface area contributed by atoms with Crippen molar-refractivity contribution >= 4 is 11.8 Å². The highest BCUT2D eigenvalue weighted by Gasteiger charge is 2.40. The Labute approximate surface area is 215 Å². The molecular weight excluding hydrogens is 483 g/mol. The fraction of sp³-hybridized carbons (Fsp3) is 0.593. The molecular formula is C27H34F3N5O2. The Morgan fingerprint density at radius 2 is 1.65 bits per heavy atom. The minimum Gasteiger partial charge on any atom is -0.341 e. The van der Waals surface area contributed by atoms with Crippen LogP contribution in [0.2, 0.25) is 0 Å². The number of likely N-dealkylation sites (tertiary alicyclic amines) is 2. The molecule has 5 rings (SSSR count). The summed E-state index contributed by atoms with van der Waals surface area (Å²) in [4.78, 5) is 31.5. The van der Waals surface area contributed by atoms with Crippen molar-refractivity contribution in [2.45, 2.75) is 56.2 Å². The number of benzene rings is 1. The summed E-state index contributed by atoms with van der Waals surface area (Å²) < 4.78 is 42.7. The number of amides is 2. The third kappa shape index (κ3) is 5.39. The summed E-state index contributed by atoms with van der Waals surface area (Å²) in [5.41, 5.74) is 1.19. The van der Waals surface area contributed by atoms with Gasteiger partial charge in [0.15, 0.2) is 0 Å². The van der Waals surface area contributed by atoms with E-state index in [0.29, 0.717) is 44.1 Å². The third-order valence-corrected chi connectivity index (χ3v) is 7.82. The Morgan fingerprint density at radius 3 is 2.30 bits per heavy atom. The maximum absolute atomic E-state index is 13.6. The molecule has 1 atom stereocenters. The molecule has 0 unspecified atom stereocenters. The van der Waals surface area contributed by atoms with Crippen LogP contribution in [0.3, 0.4) is 0 Å². The van der Waals surface area contributed by atoms with E-state index in [4.69, 9.17) is 0 Å². The molecule has 2 saturated heterocycles. The first-order valence-electron chi connectivity index (χ1n) is 13.1. The third-order valence-electron chi connectivity index (χ3n) is 7.82. The Hall–Kier alpha value is -2.88. The van der Waals surface area contributed by atoms with E-state index in [1.165, 1.54) is 12.1 Å². The molecule has 2 amide bonds. The van der Waals surface area contributed by atoms with E-state index in [2.05, 4.69) is 5.10 Å². The molecule has 0 radical (unpaired) electrons. The quantitative estimate of drug-likeness (QED) is 0.578. The molecule has 1 saturated carbocycles. The van der Waals surface area contributed by atoms with Crippen LogP contribution in [0.5, 0.6) is 0 Å². The Morgan fingerprint density at radius 1 is 0.973 bits per heavy atom. The number of piperidine rings is 1. The number of nitrogens with zero attached hydrogens (tertiary/aromatic N) is 5. The SMILES string of the molecule is CN(C)CC(=O)N1CCC(n2ncc(C(=O)N3CC[C@@H](c4ccccc4C(F)(F)F)C3)c2C2CC2)CC1. The number of halogens is 3. The van der Waals surface area contributed by atoms with Gasteiger partial charge in [0, 0.05) is 38.0 Å². The molecule has 7 nitrogen and oxygen atoms in total. The van der Waals surface area contributed by atoms with Crippen molar-refractivity contribution < 1.29 is 22.8 Å². The van der Waals surface area contributed by atoms with Gasteiger partial charge in [0.1, 0.15) is 0 Å². The van der Waals surface area contributed by atoms with Gasteiger partial charge in [0.25, 0.3) is 5.91 Å². The predicted molar refractivity (Wildman–Crippen MR) is 132 cm³/mol. The van der Waals surface area contributed by atoms with Crippen LogP contribution in [0.25, 0.3) is 0 Å². The van der Waals surface area contributed by atoms with Crippen LogP contribution in [0.1, 0.15) is 77.2 Å². The highest BCUT2D eigenvalue weighted by molar-refractivity contribution is 5.95. The minimum absolute atomic E-state index is 0.123. The maximum atomic E-state index is 13.6. The zero-order valence-electron chi connectivity index (χ0n) is 21.4. The molecule has 3 fully saturated rings. The second-order valence-corrected chi connectivity index (χ2v) is 10.8. The summed E-state index contributed by atoms with van der Waals surface area (Å²) in [6.45, 7) is 2.42. The first-order valence-corrected chi connectivity index (χ1v) is 13.1. The van der Waals surface area contributed by atoms with E-state index in [9.17, 15) is 22.8 Å². The molecule has 10 heteroatoms. The Kier molecular flexibility index (Phi) is 7.04. The lowest BCUT2D eigenvalue weighted by Gasteiger charge is -2.33. The van der Waals surface area contributed by atoms with Crippen molar-refractivity contribution in [3.05, 3.63) is 52.8 Å². The molecule has 1 aromatic carbocycles. The van der Waals surface area contributed by atoms with Crippen LogP contribution in [-0.4, -0.2) is 83.1 Å². The largest absolute Gasteiger partial charge is 0.416 e. The molecule has 0 spiro atoms. The summed E-state index contributed by atoms with van der Waals surface area (Å²) in [6.07, 6.45) is 1.33. The van der Waals surface area contributed by atoms with Crippen LogP contribution < -0.4 is 0 Å². The van der Waals surface area contributed by atoms with Gasteiger partial charge in [-0.1, -0.05) is 18.2 Å². The number of aromatic nitrogens is 2. The lowest BCUT2D eigenvalue weighted by Crippen LogP contribution is -2.43. The van der Waals surface area contributed by atoms with Crippen molar-refractivity contribution in [3.63, 3.8) is 0 Å². The molecule has 200 valence electrons. The van der Waals surface area contributed by atoms with Gasteiger partial charge in [0.05, 0.1) is 35.6 Å². The van der Waals surface area contributed by atoms with Gasteiger partial charge >= 0.3 is 6.18 Å². The molecule has 0 N–H and O–H groups in total. The fourth-order valence-corrected chi connectivity index (χ4v) is 5.80. The first-order chi connectivity index (χ1) is 17.6. The van der Waals surface area contributed by atoms with Crippen molar-refractivity contribution in [2.24, 2.45) is 0 Å².